The molecule has 2 aliphatic carbocycles. The van der Waals surface area contributed by atoms with Crippen molar-refractivity contribution in [3.05, 3.63) is 47.1 Å². The molecule has 0 N–H and O–H groups in total. The van der Waals surface area contributed by atoms with E-state index in [1.54, 1.807) is 0 Å². The first-order chi connectivity index (χ1) is 7.20. The second-order valence-electron chi connectivity index (χ2n) is 3.49. The summed E-state index contributed by atoms with van der Waals surface area (Å²) in [7, 11) is 0. The van der Waals surface area contributed by atoms with Gasteiger partial charge in [0.25, 0.3) is 0 Å². The fourth-order valence-electron chi connectivity index (χ4n) is 1.12. The molecule has 0 amide bonds. The van der Waals surface area contributed by atoms with Crippen LogP contribution in [0.25, 0.3) is 0 Å². The van der Waals surface area contributed by atoms with Crippen molar-refractivity contribution in [1.82, 2.24) is 0 Å². The molecule has 0 aromatic heterocycles. The maximum absolute atomic E-state index is 3.34. The van der Waals surface area contributed by atoms with Gasteiger partial charge in [0, 0.05) is 0 Å². The van der Waals surface area contributed by atoms with Gasteiger partial charge in [0.15, 0.2) is 0 Å². The van der Waals surface area contributed by atoms with Gasteiger partial charge in [0.05, 0.1) is 0 Å². The molecule has 3 heteroatoms. The minimum atomic E-state index is 0. The molecule has 0 heterocycles. The van der Waals surface area contributed by atoms with Crippen LogP contribution in [0, 0.1) is 12.2 Å². The van der Waals surface area contributed by atoms with Crippen LogP contribution in [-0.2, 0) is 24.2 Å². The molecule has 0 aromatic rings. The Hall–Kier alpha value is 0.293. The Bertz CT molecular complexity index is 309. The van der Waals surface area contributed by atoms with Gasteiger partial charge in [-0.1, -0.05) is 6.92 Å². The first-order valence-electron chi connectivity index (χ1n) is 5.02. The zero-order valence-corrected chi connectivity index (χ0v) is 14.8. The second kappa shape index (κ2) is 14.4. The van der Waals surface area contributed by atoms with Gasteiger partial charge in [-0.2, -0.15) is 11.6 Å². The second-order valence-corrected chi connectivity index (χ2v) is 3.49. The van der Waals surface area contributed by atoms with E-state index in [0.29, 0.717) is 0 Å². The summed E-state index contributed by atoms with van der Waals surface area (Å²) in [6.45, 7) is 6.35. The van der Waals surface area contributed by atoms with Crippen molar-refractivity contribution in [3.8, 4) is 0 Å². The average Bonchev–Trinajstić information content (AvgIpc) is 2.84. The molecule has 0 aromatic carbocycles. The van der Waals surface area contributed by atoms with Crippen molar-refractivity contribution in [2.45, 2.75) is 33.6 Å². The van der Waals surface area contributed by atoms with E-state index in [9.17, 15) is 0 Å². The Morgan fingerprint density at radius 1 is 1.06 bits per heavy atom. The molecule has 0 aliphatic heterocycles. The molecule has 0 unspecified atom stereocenters. The molecule has 94 valence electrons. The maximum atomic E-state index is 3.34. The summed E-state index contributed by atoms with van der Waals surface area (Å²) in [5.74, 6) is 0. The molecular formula is C14H20Cl2Zr. The number of halogens is 2. The van der Waals surface area contributed by atoms with Crippen molar-refractivity contribution in [2.24, 2.45) is 0 Å². The molecule has 2 rings (SSSR count). The van der Waals surface area contributed by atoms with Gasteiger partial charge in [0.1, 0.15) is 0 Å². The van der Waals surface area contributed by atoms with Crippen molar-refractivity contribution in [3.63, 3.8) is 0 Å². The summed E-state index contributed by atoms with van der Waals surface area (Å²) >= 11 is 1.30. The quantitative estimate of drug-likeness (QED) is 0.561. The zero-order chi connectivity index (χ0) is 11.7. The Morgan fingerprint density at radius 2 is 1.65 bits per heavy atom. The van der Waals surface area contributed by atoms with Crippen LogP contribution < -0.4 is 0 Å². The Labute approximate surface area is 133 Å². The molecule has 0 radical (unpaired) electrons. The number of allylic oxidation sites excluding steroid dienone is 8. The molecule has 0 nitrogen and oxygen atoms in total. The minimum absolute atomic E-state index is 0. The van der Waals surface area contributed by atoms with Gasteiger partial charge in [0.2, 0.25) is 0 Å². The third kappa shape index (κ3) is 11.1. The summed E-state index contributed by atoms with van der Waals surface area (Å²) in [5, 5.41) is 0. The summed E-state index contributed by atoms with van der Waals surface area (Å²) in [6.07, 6.45) is 14.5. The first kappa shape index (κ1) is 22.5. The van der Waals surface area contributed by atoms with Crippen molar-refractivity contribution in [2.75, 3.05) is 0 Å². The van der Waals surface area contributed by atoms with Gasteiger partial charge in [-0.3, -0.25) is 12.2 Å². The number of hydrogen-bond acceptors (Lipinski definition) is 0. The predicted octanol–water partition coefficient (Wildman–Crippen LogP) is 4.59. The topological polar surface area (TPSA) is 0 Å². The molecule has 17 heavy (non-hydrogen) atoms. The molecule has 2 aliphatic rings. The van der Waals surface area contributed by atoms with E-state index < -0.39 is 0 Å². The normalized spacial score (nSPS) is 14.8. The third-order valence-electron chi connectivity index (χ3n) is 2.23. The third-order valence-corrected chi connectivity index (χ3v) is 2.23. The summed E-state index contributed by atoms with van der Waals surface area (Å²) in [5.41, 5.74) is 4.19. The van der Waals surface area contributed by atoms with Crippen molar-refractivity contribution >= 4 is 29.0 Å². The van der Waals surface area contributed by atoms with E-state index >= 15 is 0 Å². The van der Waals surface area contributed by atoms with Crippen molar-refractivity contribution < 1.29 is 24.2 Å². The molecule has 0 fully saturated rings. The van der Waals surface area contributed by atoms with E-state index in [2.05, 4.69) is 49.3 Å². The molecule has 0 saturated carbocycles. The van der Waals surface area contributed by atoms with E-state index in [0.717, 1.165) is 12.8 Å². The molecule has 0 atom stereocenters. The van der Waals surface area contributed by atoms with Crippen LogP contribution in [0.4, 0.5) is 0 Å². The van der Waals surface area contributed by atoms with Crippen LogP contribution in [0.2, 0.25) is 0 Å². The van der Waals surface area contributed by atoms with Gasteiger partial charge < -0.3 is 0 Å². The Kier molecular flexibility index (Phi) is 19.0. The van der Waals surface area contributed by atoms with E-state index in [1.807, 2.05) is 6.08 Å². The van der Waals surface area contributed by atoms with Crippen LogP contribution in [0.15, 0.2) is 34.9 Å². The number of hydrogen-bond donors (Lipinski definition) is 0. The Balaban J connectivity index is -0.000000184. The van der Waals surface area contributed by atoms with Gasteiger partial charge in [-0.05, 0) is 0 Å². The van der Waals surface area contributed by atoms with Gasteiger partial charge >= 0.3 is 28.4 Å². The SMILES string of the molecule is CC1=C(C)C[C-]=C1.CC1=CC[C-]=C1.Cl.Cl.[CH2]=[Zr+2]. The standard InChI is InChI=1S/C7H9.C6H7.CH2.2ClH.Zr/c1-6-4-3-5-7(6)2;1-6-4-2-3-5-6;;;;/h4H,5H2,1-2H3;4-5H,2H2,1H3;1H2;2*1H;/q2*-1;;;;+2. The molecule has 0 saturated heterocycles. The molecule has 0 bridgehead atoms. The monoisotopic (exact) mass is 348 g/mol. The van der Waals surface area contributed by atoms with Crippen LogP contribution in [0.5, 0.6) is 0 Å². The fourth-order valence-corrected chi connectivity index (χ4v) is 1.12. The van der Waals surface area contributed by atoms with Gasteiger partial charge in [-0.15, -0.1) is 51.5 Å². The molecule has 0 spiro atoms. The Morgan fingerprint density at radius 3 is 1.76 bits per heavy atom. The first-order valence-corrected chi connectivity index (χ1v) is 6.75. The zero-order valence-electron chi connectivity index (χ0n) is 10.7. The molecular weight excluding hydrogens is 330 g/mol. The van der Waals surface area contributed by atoms with Crippen LogP contribution in [-0.4, -0.2) is 4.21 Å². The van der Waals surface area contributed by atoms with Crippen LogP contribution in [0.1, 0.15) is 33.6 Å². The van der Waals surface area contributed by atoms with Crippen LogP contribution in [0.3, 0.4) is 0 Å². The fraction of sp³-hybridized carbons (Fsp3) is 0.357. The number of rotatable bonds is 0. The summed E-state index contributed by atoms with van der Waals surface area (Å²) < 4.78 is 3.34. The van der Waals surface area contributed by atoms with Crippen molar-refractivity contribution in [1.29, 1.82) is 0 Å². The predicted molar refractivity (Wildman–Crippen MR) is 78.6 cm³/mol. The van der Waals surface area contributed by atoms with Gasteiger partial charge in [-0.25, -0.2) is 23.3 Å². The summed E-state index contributed by atoms with van der Waals surface area (Å²) in [4.78, 5) is 0. The van der Waals surface area contributed by atoms with E-state index in [-0.39, 0.29) is 24.8 Å². The summed E-state index contributed by atoms with van der Waals surface area (Å²) in [6, 6.07) is 0. The average molecular weight is 350 g/mol. The van der Waals surface area contributed by atoms with Crippen LogP contribution >= 0.6 is 24.8 Å². The van der Waals surface area contributed by atoms with E-state index in [1.165, 1.54) is 41.0 Å². The van der Waals surface area contributed by atoms with E-state index in [4.69, 9.17) is 0 Å².